The van der Waals surface area contributed by atoms with Gasteiger partial charge in [0.2, 0.25) is 0 Å². The molecule has 0 fully saturated rings. The largest absolute Gasteiger partial charge is 0.459 e. The number of nitrogens with zero attached hydrogens (tertiary/aromatic N) is 3. The lowest BCUT2D eigenvalue weighted by Gasteiger charge is -2.19. The van der Waals surface area contributed by atoms with Gasteiger partial charge in [-0.2, -0.15) is 27.2 Å². The molecule has 1 rings (SSSR count). The number of aliphatic imine (C=N–C) groups is 1. The Morgan fingerprint density at radius 1 is 1.23 bits per heavy atom. The van der Waals surface area contributed by atoms with E-state index in [4.69, 9.17) is 5.26 Å². The fourth-order valence-electron chi connectivity index (χ4n) is 1.24. The molecule has 5 nitrogen and oxygen atoms in total. The number of alkyl halides is 5. The van der Waals surface area contributed by atoms with Gasteiger partial charge in [0.1, 0.15) is 5.70 Å². The first kappa shape index (κ1) is 17.2. The normalized spacial score (nSPS) is 13.2. The molecule has 0 bridgehead atoms. The second-order valence-electron chi connectivity index (χ2n) is 3.84. The van der Waals surface area contributed by atoms with Gasteiger partial charge in [0.25, 0.3) is 5.69 Å². The first-order valence-corrected chi connectivity index (χ1v) is 5.43. The highest BCUT2D eigenvalue weighted by Gasteiger charge is 2.60. The smallest absolute Gasteiger partial charge is 0.258 e. The number of non-ortho nitro benzene ring substituents is 1. The second-order valence-corrected chi connectivity index (χ2v) is 3.84. The lowest BCUT2D eigenvalue weighted by molar-refractivity contribution is -0.384. The van der Waals surface area contributed by atoms with E-state index in [1.54, 1.807) is 0 Å². The lowest BCUT2D eigenvalue weighted by Crippen LogP contribution is -2.37. The van der Waals surface area contributed by atoms with Crippen LogP contribution in [0.25, 0.3) is 0 Å². The molecule has 0 N–H and O–H groups in total. The summed E-state index contributed by atoms with van der Waals surface area (Å²) in [5, 5.41) is 18.7. The second kappa shape index (κ2) is 6.30. The number of hydrogen-bond donors (Lipinski definition) is 0. The van der Waals surface area contributed by atoms with Gasteiger partial charge in [0.05, 0.1) is 11.0 Å². The number of rotatable bonds is 4. The van der Waals surface area contributed by atoms with E-state index < -0.39 is 22.7 Å². The van der Waals surface area contributed by atoms with E-state index in [-0.39, 0.29) is 17.3 Å². The predicted octanol–water partition coefficient (Wildman–Crippen LogP) is 3.62. The van der Waals surface area contributed by atoms with Gasteiger partial charge in [0.15, 0.2) is 0 Å². The van der Waals surface area contributed by atoms with E-state index in [0.29, 0.717) is 6.21 Å². The van der Waals surface area contributed by atoms with Crippen LogP contribution in [-0.4, -0.2) is 23.2 Å². The molecule has 0 radical (unpaired) electrons. The predicted molar refractivity (Wildman–Crippen MR) is 65.4 cm³/mol. The van der Waals surface area contributed by atoms with E-state index in [1.807, 2.05) is 0 Å². The molecule has 10 heteroatoms. The zero-order valence-corrected chi connectivity index (χ0v) is 10.5. The van der Waals surface area contributed by atoms with Gasteiger partial charge >= 0.3 is 12.1 Å². The van der Waals surface area contributed by atoms with Gasteiger partial charge < -0.3 is 0 Å². The van der Waals surface area contributed by atoms with Crippen LogP contribution >= 0.6 is 0 Å². The minimum Gasteiger partial charge on any atom is -0.258 e. The number of hydrogen-bond acceptors (Lipinski definition) is 4. The zero-order valence-electron chi connectivity index (χ0n) is 10.5. The van der Waals surface area contributed by atoms with E-state index in [1.165, 1.54) is 0 Å². The van der Waals surface area contributed by atoms with Crippen molar-refractivity contribution in [2.75, 3.05) is 0 Å². The van der Waals surface area contributed by atoms with E-state index in [0.717, 1.165) is 30.3 Å². The maximum absolute atomic E-state index is 13.1. The zero-order chi connectivity index (χ0) is 17.0. The molecular formula is C12H6F5N3O2. The minimum atomic E-state index is -5.90. The third-order valence-corrected chi connectivity index (χ3v) is 2.34. The fraction of sp³-hybridized carbons (Fsp3) is 0.167. The Hall–Kier alpha value is -2.83. The number of benzene rings is 1. The van der Waals surface area contributed by atoms with Crippen molar-refractivity contribution in [1.29, 1.82) is 5.26 Å². The van der Waals surface area contributed by atoms with Gasteiger partial charge in [-0.05, 0) is 17.7 Å². The first-order chi connectivity index (χ1) is 10.1. The molecule has 0 aromatic heterocycles. The average Bonchev–Trinajstić information content (AvgIpc) is 2.42. The molecule has 0 aliphatic rings. The molecule has 0 atom stereocenters. The van der Waals surface area contributed by atoms with Crippen LogP contribution in [0.4, 0.5) is 27.6 Å². The highest BCUT2D eigenvalue weighted by Crippen LogP contribution is 2.41. The Kier molecular flexibility index (Phi) is 4.93. The molecule has 0 unspecified atom stereocenters. The van der Waals surface area contributed by atoms with Crippen LogP contribution < -0.4 is 0 Å². The Morgan fingerprint density at radius 2 is 1.77 bits per heavy atom. The van der Waals surface area contributed by atoms with Crippen molar-refractivity contribution in [2.24, 2.45) is 4.99 Å². The van der Waals surface area contributed by atoms with Crippen molar-refractivity contribution in [3.05, 3.63) is 51.7 Å². The average molecular weight is 319 g/mol. The highest BCUT2D eigenvalue weighted by molar-refractivity contribution is 5.81. The summed E-state index contributed by atoms with van der Waals surface area (Å²) in [6, 6.07) is 5.33. The van der Waals surface area contributed by atoms with Gasteiger partial charge in [-0.25, -0.2) is 0 Å². The Morgan fingerprint density at radius 3 is 2.18 bits per heavy atom. The van der Waals surface area contributed by atoms with E-state index in [9.17, 15) is 32.1 Å². The molecule has 0 aliphatic carbocycles. The van der Waals surface area contributed by atoms with Gasteiger partial charge in [-0.1, -0.05) is 0 Å². The molecule has 0 heterocycles. The highest BCUT2D eigenvalue weighted by atomic mass is 19.4. The van der Waals surface area contributed by atoms with Crippen molar-refractivity contribution in [1.82, 2.24) is 0 Å². The third kappa shape index (κ3) is 3.85. The summed E-state index contributed by atoms with van der Waals surface area (Å²) in [4.78, 5) is 12.7. The van der Waals surface area contributed by atoms with Crippen molar-refractivity contribution < 1.29 is 26.9 Å². The summed E-state index contributed by atoms with van der Waals surface area (Å²) in [5.74, 6) is -5.29. The van der Waals surface area contributed by atoms with E-state index >= 15 is 0 Å². The van der Waals surface area contributed by atoms with Crippen LogP contribution in [-0.2, 0) is 0 Å². The van der Waals surface area contributed by atoms with Crippen molar-refractivity contribution >= 4 is 11.9 Å². The Bertz CT molecular complexity index is 657. The molecule has 0 spiro atoms. The summed E-state index contributed by atoms with van der Waals surface area (Å²) < 4.78 is 62.9. The van der Waals surface area contributed by atoms with Crippen LogP contribution in [0.3, 0.4) is 0 Å². The molecule has 0 amide bonds. The molecule has 0 saturated heterocycles. The molecular weight excluding hydrogens is 313 g/mol. The number of nitriles is 1. The Labute approximate surface area is 120 Å². The lowest BCUT2D eigenvalue weighted by atomic mass is 10.2. The molecule has 1 aromatic carbocycles. The van der Waals surface area contributed by atoms with Gasteiger partial charge in [-0.3, -0.25) is 15.1 Å². The maximum atomic E-state index is 13.1. The Balaban J connectivity index is 3.10. The summed E-state index contributed by atoms with van der Waals surface area (Å²) in [5.41, 5.74) is -2.01. The van der Waals surface area contributed by atoms with E-state index in [2.05, 4.69) is 4.99 Å². The minimum absolute atomic E-state index is 0.0185. The van der Waals surface area contributed by atoms with Crippen molar-refractivity contribution in [2.45, 2.75) is 12.1 Å². The maximum Gasteiger partial charge on any atom is 0.459 e. The molecule has 116 valence electrons. The van der Waals surface area contributed by atoms with Crippen LogP contribution in [0, 0.1) is 21.4 Å². The van der Waals surface area contributed by atoms with Gasteiger partial charge in [-0.15, -0.1) is 0 Å². The van der Waals surface area contributed by atoms with Crippen LogP contribution in [0.5, 0.6) is 0 Å². The summed E-state index contributed by atoms with van der Waals surface area (Å²) in [7, 11) is 0. The first-order valence-electron chi connectivity index (χ1n) is 5.43. The summed E-state index contributed by atoms with van der Waals surface area (Å²) in [6.07, 6.45) is -5.27. The number of allylic oxidation sites excluding steroid dienone is 2. The molecule has 0 aliphatic heterocycles. The fourth-order valence-corrected chi connectivity index (χ4v) is 1.24. The van der Waals surface area contributed by atoms with Crippen LogP contribution in [0.2, 0.25) is 0 Å². The van der Waals surface area contributed by atoms with Crippen molar-refractivity contribution in [3.63, 3.8) is 0 Å². The topological polar surface area (TPSA) is 79.3 Å². The summed E-state index contributed by atoms with van der Waals surface area (Å²) in [6.45, 7) is 0. The monoisotopic (exact) mass is 319 g/mol. The molecule has 0 saturated carbocycles. The quantitative estimate of drug-likeness (QED) is 0.279. The van der Waals surface area contributed by atoms with Crippen LogP contribution in [0.1, 0.15) is 5.56 Å². The standard InChI is InChI=1S/C12H6F5N3O2/c13-11(14,12(15,16)17)10(5-6-18)19-7-8-1-3-9(4-2-8)20(21)22/h1-5,7H/b10-5-,19-7?. The van der Waals surface area contributed by atoms with Crippen LogP contribution in [0.15, 0.2) is 41.0 Å². The third-order valence-electron chi connectivity index (χ3n) is 2.34. The number of nitro groups is 1. The van der Waals surface area contributed by atoms with Crippen molar-refractivity contribution in [3.8, 4) is 6.07 Å². The summed E-state index contributed by atoms with van der Waals surface area (Å²) >= 11 is 0. The number of nitro benzene ring substituents is 1. The number of halogens is 5. The molecule has 22 heavy (non-hydrogen) atoms. The molecule has 1 aromatic rings. The SMILES string of the molecule is N#C/C=C(\N=Cc1ccc([N+](=O)[O-])cc1)C(F)(F)C(F)(F)F. The van der Waals surface area contributed by atoms with Gasteiger partial charge in [0, 0.05) is 24.4 Å².